The van der Waals surface area contributed by atoms with Gasteiger partial charge in [0.05, 0.1) is 21.1 Å². The molecule has 0 unspecified atom stereocenters. The molecule has 1 aromatic carbocycles. The van der Waals surface area contributed by atoms with E-state index >= 15 is 0 Å². The van der Waals surface area contributed by atoms with Crippen molar-refractivity contribution in [3.63, 3.8) is 0 Å². The number of nitrogens with one attached hydrogen (secondary N) is 1. The number of carboxylic acids is 1. The molecule has 98 valence electrons. The number of carboxylic acid groups (broad SMARTS) is 1. The van der Waals surface area contributed by atoms with E-state index in [0.717, 1.165) is 0 Å². The second-order valence-electron chi connectivity index (χ2n) is 3.69. The monoisotopic (exact) mass is 300 g/mol. The van der Waals surface area contributed by atoms with E-state index < -0.39 is 29.4 Å². The molecule has 2 aromatic rings. The summed E-state index contributed by atoms with van der Waals surface area (Å²) in [6.07, 6.45) is -0.803. The predicted molar refractivity (Wildman–Crippen MR) is 69.0 cm³/mol. The van der Waals surface area contributed by atoms with Gasteiger partial charge in [0.15, 0.2) is 11.5 Å². The first-order valence-electron chi connectivity index (χ1n) is 5.02. The molecule has 8 heteroatoms. The normalized spacial score (nSPS) is 10.6. The molecule has 0 aliphatic rings. The van der Waals surface area contributed by atoms with Gasteiger partial charge in [0.1, 0.15) is 6.42 Å². The minimum atomic E-state index is -1.33. The summed E-state index contributed by atoms with van der Waals surface area (Å²) in [6.45, 7) is 0. The number of halogens is 2. The fourth-order valence-electron chi connectivity index (χ4n) is 1.49. The number of hydrogen-bond donors (Lipinski definition) is 2. The Morgan fingerprint density at radius 3 is 2.53 bits per heavy atom. The first-order chi connectivity index (χ1) is 8.88. The third kappa shape index (κ3) is 2.74. The summed E-state index contributed by atoms with van der Waals surface area (Å²) in [6, 6.07) is 2.78. The minimum absolute atomic E-state index is 0.213. The van der Waals surface area contributed by atoms with Gasteiger partial charge in [-0.15, -0.1) is 0 Å². The summed E-state index contributed by atoms with van der Waals surface area (Å²) in [7, 11) is 0. The lowest BCUT2D eigenvalue weighted by molar-refractivity contribution is -0.135. The maximum absolute atomic E-state index is 11.6. The zero-order valence-corrected chi connectivity index (χ0v) is 10.7. The Morgan fingerprint density at radius 1 is 1.26 bits per heavy atom. The number of Topliss-reactive ketones (excluding diaryl/α,β-unsaturated/α-hetero) is 1. The average Bonchev–Trinajstić information content (AvgIpc) is 2.29. The van der Waals surface area contributed by atoms with Crippen LogP contribution in [0.3, 0.4) is 0 Å². The van der Waals surface area contributed by atoms with Crippen LogP contribution in [0.25, 0.3) is 11.0 Å². The summed E-state index contributed by atoms with van der Waals surface area (Å²) in [5.41, 5.74) is -0.667. The quantitative estimate of drug-likeness (QED) is 0.666. The van der Waals surface area contributed by atoms with E-state index in [-0.39, 0.29) is 15.6 Å². The van der Waals surface area contributed by atoms with Crippen molar-refractivity contribution in [2.75, 3.05) is 0 Å². The van der Waals surface area contributed by atoms with Crippen molar-refractivity contribution in [2.24, 2.45) is 0 Å². The fraction of sp³-hybridized carbons (Fsp3) is 0.0909. The van der Waals surface area contributed by atoms with Crippen molar-refractivity contribution in [3.05, 3.63) is 38.2 Å². The second-order valence-corrected chi connectivity index (χ2v) is 4.51. The highest BCUT2D eigenvalue weighted by molar-refractivity contribution is 6.42. The topological polar surface area (TPSA) is 100 Å². The largest absolute Gasteiger partial charge is 0.481 e. The highest BCUT2D eigenvalue weighted by atomic mass is 35.5. The van der Waals surface area contributed by atoms with E-state index in [1.807, 2.05) is 0 Å². The average molecular weight is 301 g/mol. The van der Waals surface area contributed by atoms with Crippen LogP contribution in [-0.2, 0) is 4.79 Å². The van der Waals surface area contributed by atoms with Gasteiger partial charge in [-0.05, 0) is 12.1 Å². The van der Waals surface area contributed by atoms with Gasteiger partial charge < -0.3 is 10.1 Å². The molecule has 19 heavy (non-hydrogen) atoms. The van der Waals surface area contributed by atoms with E-state index in [0.29, 0.717) is 5.52 Å². The van der Waals surface area contributed by atoms with Crippen molar-refractivity contribution < 1.29 is 14.7 Å². The number of aromatic nitrogens is 2. The molecule has 1 aromatic heterocycles. The van der Waals surface area contributed by atoms with Crippen molar-refractivity contribution in [3.8, 4) is 0 Å². The van der Waals surface area contributed by atoms with Crippen molar-refractivity contribution in [1.82, 2.24) is 9.97 Å². The van der Waals surface area contributed by atoms with Gasteiger partial charge in [0.25, 0.3) is 5.56 Å². The van der Waals surface area contributed by atoms with Crippen LogP contribution < -0.4 is 5.56 Å². The lowest BCUT2D eigenvalue weighted by Crippen LogP contribution is -2.22. The van der Waals surface area contributed by atoms with Crippen LogP contribution in [0.2, 0.25) is 10.0 Å². The Balaban J connectivity index is 2.61. The Kier molecular flexibility index (Phi) is 3.55. The highest BCUT2D eigenvalue weighted by Gasteiger charge is 2.17. The number of ketones is 1. The van der Waals surface area contributed by atoms with Gasteiger partial charge in [0, 0.05) is 0 Å². The van der Waals surface area contributed by atoms with Gasteiger partial charge in [0.2, 0.25) is 0 Å². The van der Waals surface area contributed by atoms with Gasteiger partial charge in [-0.25, -0.2) is 4.98 Å². The number of rotatable bonds is 3. The number of carbonyl (C=O) groups excluding carboxylic acids is 1. The van der Waals surface area contributed by atoms with Crippen molar-refractivity contribution in [1.29, 1.82) is 0 Å². The Morgan fingerprint density at radius 2 is 1.89 bits per heavy atom. The molecule has 6 nitrogen and oxygen atoms in total. The van der Waals surface area contributed by atoms with Crippen molar-refractivity contribution in [2.45, 2.75) is 6.42 Å². The Hall–Kier alpha value is -1.92. The maximum atomic E-state index is 11.6. The lowest BCUT2D eigenvalue weighted by Gasteiger charge is -2.02. The smallest absolute Gasteiger partial charge is 0.311 e. The SMILES string of the molecule is O=C(O)CC(=O)c1nc2cc(Cl)c(Cl)cc2[nH]c1=O. The van der Waals surface area contributed by atoms with Gasteiger partial charge in [-0.3, -0.25) is 14.4 Å². The molecule has 2 N–H and O–H groups in total. The second kappa shape index (κ2) is 4.99. The molecule has 0 bridgehead atoms. The van der Waals surface area contributed by atoms with E-state index in [4.69, 9.17) is 28.3 Å². The number of hydrogen-bond acceptors (Lipinski definition) is 4. The van der Waals surface area contributed by atoms with Crippen LogP contribution in [0.1, 0.15) is 16.9 Å². The Labute approximate surface area is 116 Å². The third-order valence-corrected chi connectivity index (χ3v) is 3.03. The molecule has 0 aliphatic carbocycles. The lowest BCUT2D eigenvalue weighted by atomic mass is 10.2. The van der Waals surface area contributed by atoms with Gasteiger partial charge in [-0.1, -0.05) is 23.2 Å². The standard InChI is InChI=1S/C11H6Cl2N2O4/c12-4-1-6-7(2-5(4)13)15-11(19)10(14-6)8(16)3-9(17)18/h1-2H,3H2,(H,15,19)(H,17,18). The van der Waals surface area contributed by atoms with Crippen LogP contribution in [0, 0.1) is 0 Å². The summed E-state index contributed by atoms with van der Waals surface area (Å²) in [4.78, 5) is 39.9. The van der Waals surface area contributed by atoms with Crippen LogP contribution in [-0.4, -0.2) is 26.8 Å². The Bertz CT molecular complexity index is 754. The first-order valence-corrected chi connectivity index (χ1v) is 5.78. The maximum Gasteiger partial charge on any atom is 0.311 e. The summed E-state index contributed by atoms with van der Waals surface area (Å²) >= 11 is 11.6. The number of aromatic amines is 1. The zero-order valence-electron chi connectivity index (χ0n) is 9.24. The van der Waals surface area contributed by atoms with E-state index in [1.54, 1.807) is 0 Å². The number of aliphatic carboxylic acids is 1. The third-order valence-electron chi connectivity index (χ3n) is 2.31. The molecule has 2 rings (SSSR count). The number of fused-ring (bicyclic) bond motifs is 1. The number of carbonyl (C=O) groups is 2. The molecule has 0 saturated heterocycles. The van der Waals surface area contributed by atoms with Crippen LogP contribution in [0.4, 0.5) is 0 Å². The van der Waals surface area contributed by atoms with Gasteiger partial charge >= 0.3 is 5.97 Å². The number of benzene rings is 1. The molecule has 0 atom stereocenters. The molecular weight excluding hydrogens is 295 g/mol. The first kappa shape index (κ1) is 13.5. The van der Waals surface area contributed by atoms with E-state index in [9.17, 15) is 14.4 Å². The molecule has 1 heterocycles. The molecule has 0 aliphatic heterocycles. The van der Waals surface area contributed by atoms with Crippen LogP contribution in [0.15, 0.2) is 16.9 Å². The minimum Gasteiger partial charge on any atom is -0.481 e. The highest BCUT2D eigenvalue weighted by Crippen LogP contribution is 2.25. The van der Waals surface area contributed by atoms with Crippen LogP contribution >= 0.6 is 23.2 Å². The van der Waals surface area contributed by atoms with Crippen LogP contribution in [0.5, 0.6) is 0 Å². The van der Waals surface area contributed by atoms with E-state index in [1.165, 1.54) is 12.1 Å². The van der Waals surface area contributed by atoms with E-state index in [2.05, 4.69) is 9.97 Å². The summed E-state index contributed by atoms with van der Waals surface area (Å²) in [5.74, 6) is -2.21. The number of H-pyrrole nitrogens is 1. The molecule has 0 amide bonds. The van der Waals surface area contributed by atoms with Gasteiger partial charge in [-0.2, -0.15) is 0 Å². The van der Waals surface area contributed by atoms with Crippen molar-refractivity contribution >= 4 is 46.0 Å². The summed E-state index contributed by atoms with van der Waals surface area (Å²) < 4.78 is 0. The molecule has 0 radical (unpaired) electrons. The zero-order chi connectivity index (χ0) is 14.2. The molecule has 0 spiro atoms. The summed E-state index contributed by atoms with van der Waals surface area (Å²) in [5, 5.41) is 8.98. The molecular formula is C11H6Cl2N2O4. The predicted octanol–water partition coefficient (Wildman–Crippen LogP) is 1.89. The molecule has 0 saturated carbocycles. The fourth-order valence-corrected chi connectivity index (χ4v) is 1.81. The molecule has 0 fully saturated rings. The number of nitrogens with zero attached hydrogens (tertiary/aromatic N) is 1.